The topological polar surface area (TPSA) is 185 Å². The van der Waals surface area contributed by atoms with Crippen LogP contribution in [0.25, 0.3) is 0 Å². The van der Waals surface area contributed by atoms with Gasteiger partial charge in [-0.05, 0) is 74.8 Å². The lowest BCUT2D eigenvalue weighted by molar-refractivity contribution is -0.385. The maximum absolute atomic E-state index is 13.1. The number of methoxy groups -OCH3 is 1. The SMILES string of the molecule is COc1cc(CO)c([N+](=O)[O-])cc1OCCCC(=O)NCCNC(=O)C(C)(C)OCC(C)(C)C(C)(C)OC(C)C(=O)C(C)(C)OC(C)C. The predicted octanol–water partition coefficient (Wildman–Crippen LogP) is 4.26. The van der Waals surface area contributed by atoms with Gasteiger partial charge in [0.15, 0.2) is 17.3 Å². The second-order valence-electron chi connectivity index (χ2n) is 14.1. The third-order valence-corrected chi connectivity index (χ3v) is 8.21. The van der Waals surface area contributed by atoms with E-state index in [0.29, 0.717) is 6.42 Å². The summed E-state index contributed by atoms with van der Waals surface area (Å²) in [7, 11) is 1.38. The van der Waals surface area contributed by atoms with Gasteiger partial charge in [0.25, 0.3) is 11.6 Å². The fraction of sp³-hybridized carbons (Fsp3) is 0.735. The highest BCUT2D eigenvalue weighted by Crippen LogP contribution is 2.37. The van der Waals surface area contributed by atoms with Gasteiger partial charge in [-0.15, -0.1) is 0 Å². The highest BCUT2D eigenvalue weighted by molar-refractivity contribution is 5.90. The number of hydrogen-bond donors (Lipinski definition) is 3. The zero-order valence-corrected chi connectivity index (χ0v) is 30.7. The van der Waals surface area contributed by atoms with E-state index in [2.05, 4.69) is 10.6 Å². The number of hydrogen-bond acceptors (Lipinski definition) is 11. The predicted molar refractivity (Wildman–Crippen MR) is 180 cm³/mol. The molecule has 0 fully saturated rings. The maximum Gasteiger partial charge on any atom is 0.278 e. The van der Waals surface area contributed by atoms with Crippen LogP contribution in [-0.2, 0) is 35.2 Å². The molecule has 3 N–H and O–H groups in total. The number of benzene rings is 1. The zero-order valence-electron chi connectivity index (χ0n) is 30.7. The number of Topliss-reactive ketones (excluding diaryl/α,β-unsaturated/α-hetero) is 1. The molecule has 48 heavy (non-hydrogen) atoms. The van der Waals surface area contributed by atoms with Crippen LogP contribution in [0.5, 0.6) is 11.5 Å². The van der Waals surface area contributed by atoms with Crippen molar-refractivity contribution < 1.29 is 48.1 Å². The van der Waals surface area contributed by atoms with Crippen LogP contribution in [0.4, 0.5) is 5.69 Å². The average molecular weight is 684 g/mol. The number of nitrogens with one attached hydrogen (secondary N) is 2. The molecule has 14 nitrogen and oxygen atoms in total. The van der Waals surface area contributed by atoms with Crippen LogP contribution in [0, 0.1) is 15.5 Å². The number of carbonyl (C=O) groups excluding carboxylic acids is 3. The van der Waals surface area contributed by atoms with Crippen molar-refractivity contribution in [2.45, 2.75) is 125 Å². The summed E-state index contributed by atoms with van der Waals surface area (Å²) < 4.78 is 28.9. The van der Waals surface area contributed by atoms with Crippen molar-refractivity contribution in [1.29, 1.82) is 0 Å². The van der Waals surface area contributed by atoms with Crippen molar-refractivity contribution in [1.82, 2.24) is 10.6 Å². The molecule has 0 radical (unpaired) electrons. The van der Waals surface area contributed by atoms with Gasteiger partial charge in [-0.25, -0.2) is 0 Å². The lowest BCUT2D eigenvalue weighted by Crippen LogP contribution is -2.53. The number of nitro groups is 1. The summed E-state index contributed by atoms with van der Waals surface area (Å²) in [6.07, 6.45) is -0.399. The van der Waals surface area contributed by atoms with Crippen LogP contribution in [0.2, 0.25) is 0 Å². The van der Waals surface area contributed by atoms with Crippen LogP contribution in [0.15, 0.2) is 12.1 Å². The maximum atomic E-state index is 13.1. The van der Waals surface area contributed by atoms with E-state index in [1.807, 2.05) is 41.5 Å². The van der Waals surface area contributed by atoms with Crippen LogP contribution in [0.1, 0.15) is 94.6 Å². The third kappa shape index (κ3) is 12.6. The summed E-state index contributed by atoms with van der Waals surface area (Å²) in [4.78, 5) is 48.9. The fourth-order valence-corrected chi connectivity index (χ4v) is 4.65. The Morgan fingerprint density at radius 3 is 2.06 bits per heavy atom. The molecule has 1 unspecified atom stereocenters. The van der Waals surface area contributed by atoms with Crippen LogP contribution >= 0.6 is 0 Å². The van der Waals surface area contributed by atoms with Crippen molar-refractivity contribution in [3.8, 4) is 11.5 Å². The highest BCUT2D eigenvalue weighted by atomic mass is 16.6. The van der Waals surface area contributed by atoms with Gasteiger partial charge in [0, 0.05) is 24.9 Å². The van der Waals surface area contributed by atoms with E-state index in [0.717, 1.165) is 0 Å². The van der Waals surface area contributed by atoms with Gasteiger partial charge in [-0.2, -0.15) is 0 Å². The van der Waals surface area contributed by atoms with E-state index in [-0.39, 0.29) is 79.2 Å². The Hall–Kier alpha value is -3.33. The van der Waals surface area contributed by atoms with Crippen molar-refractivity contribution in [2.75, 3.05) is 33.4 Å². The molecule has 0 aromatic heterocycles. The van der Waals surface area contributed by atoms with Gasteiger partial charge in [-0.1, -0.05) is 13.8 Å². The molecule has 0 bridgehead atoms. The van der Waals surface area contributed by atoms with E-state index in [1.165, 1.54) is 19.2 Å². The lowest BCUT2D eigenvalue weighted by atomic mass is 9.77. The number of nitrogens with zero attached hydrogens (tertiary/aromatic N) is 1. The summed E-state index contributed by atoms with van der Waals surface area (Å²) in [5.41, 5.74) is -3.78. The van der Waals surface area contributed by atoms with Gasteiger partial charge in [0.05, 0.1) is 55.2 Å². The molecule has 1 rings (SSSR count). The van der Waals surface area contributed by atoms with E-state index >= 15 is 0 Å². The van der Waals surface area contributed by atoms with Crippen molar-refractivity contribution >= 4 is 23.3 Å². The molecule has 0 saturated carbocycles. The average Bonchev–Trinajstić information content (AvgIpc) is 2.98. The highest BCUT2D eigenvalue weighted by Gasteiger charge is 2.44. The number of ketones is 1. The first kappa shape index (κ1) is 42.7. The molecule has 0 aliphatic rings. The third-order valence-electron chi connectivity index (χ3n) is 8.21. The largest absolute Gasteiger partial charge is 0.493 e. The summed E-state index contributed by atoms with van der Waals surface area (Å²) in [5, 5.41) is 26.2. The van der Waals surface area contributed by atoms with Gasteiger partial charge >= 0.3 is 0 Å². The molecular weight excluding hydrogens is 626 g/mol. The van der Waals surface area contributed by atoms with Gasteiger partial charge in [-0.3, -0.25) is 24.5 Å². The number of ether oxygens (including phenoxy) is 5. The quantitative estimate of drug-likeness (QED) is 0.0901. The van der Waals surface area contributed by atoms with Crippen LogP contribution in [0.3, 0.4) is 0 Å². The number of rotatable bonds is 22. The van der Waals surface area contributed by atoms with E-state index in [1.54, 1.807) is 34.6 Å². The van der Waals surface area contributed by atoms with Crippen LogP contribution < -0.4 is 20.1 Å². The molecule has 0 saturated heterocycles. The molecule has 2 amide bonds. The van der Waals surface area contributed by atoms with E-state index in [9.17, 15) is 29.6 Å². The molecule has 274 valence electrons. The first-order chi connectivity index (χ1) is 22.0. The lowest BCUT2D eigenvalue weighted by Gasteiger charge is -2.44. The van der Waals surface area contributed by atoms with E-state index < -0.39 is 39.9 Å². The van der Waals surface area contributed by atoms with Gasteiger partial charge in [0.2, 0.25) is 5.91 Å². The van der Waals surface area contributed by atoms with Gasteiger partial charge in [0.1, 0.15) is 17.3 Å². The number of aliphatic hydroxyl groups excluding tert-OH is 1. The Labute approximate surface area is 284 Å². The zero-order chi connectivity index (χ0) is 37.1. The second-order valence-corrected chi connectivity index (χ2v) is 14.1. The normalized spacial score (nSPS) is 13.2. The monoisotopic (exact) mass is 683 g/mol. The molecule has 1 atom stereocenters. The fourth-order valence-electron chi connectivity index (χ4n) is 4.65. The van der Waals surface area contributed by atoms with Crippen LogP contribution in [-0.4, -0.2) is 90.1 Å². The Balaban J connectivity index is 2.53. The molecule has 0 spiro atoms. The summed E-state index contributed by atoms with van der Waals surface area (Å²) in [6, 6.07) is 2.52. The minimum absolute atomic E-state index is 0.0968. The molecular formula is C34H57N3O11. The standard InChI is InChI=1S/C34H57N3O11/c1-22(2)47-32(6,7)29(40)23(3)48-34(10,11)31(4,5)21-46-33(8,9)30(41)36-16-15-35-28(39)14-13-17-45-27-19-25(37(42)43)24(20-38)18-26(27)44-12/h18-19,22-23,38H,13-17,20-21H2,1-12H3,(H,35,39)(H,36,41). The Bertz CT molecular complexity index is 1260. The summed E-state index contributed by atoms with van der Waals surface area (Å²) >= 11 is 0. The molecule has 0 aliphatic heterocycles. The van der Waals surface area contributed by atoms with E-state index in [4.69, 9.17) is 23.7 Å². The summed E-state index contributed by atoms with van der Waals surface area (Å²) in [6.45, 7) is 20.0. The minimum Gasteiger partial charge on any atom is -0.493 e. The summed E-state index contributed by atoms with van der Waals surface area (Å²) in [5.74, 6) is -0.413. The molecule has 1 aromatic rings. The van der Waals surface area contributed by atoms with Crippen molar-refractivity contribution in [2.24, 2.45) is 5.41 Å². The molecule has 1 aromatic carbocycles. The molecule has 0 aliphatic carbocycles. The number of carbonyl (C=O) groups is 3. The number of nitro benzene ring substituents is 1. The first-order valence-corrected chi connectivity index (χ1v) is 16.2. The molecule has 14 heteroatoms. The first-order valence-electron chi connectivity index (χ1n) is 16.2. The Morgan fingerprint density at radius 1 is 0.917 bits per heavy atom. The van der Waals surface area contributed by atoms with Gasteiger partial charge < -0.3 is 39.4 Å². The smallest absolute Gasteiger partial charge is 0.278 e. The van der Waals surface area contributed by atoms with Crippen molar-refractivity contribution in [3.63, 3.8) is 0 Å². The second kappa shape index (κ2) is 17.9. The Morgan fingerprint density at radius 2 is 1.52 bits per heavy atom. The van der Waals surface area contributed by atoms with Crippen molar-refractivity contribution in [3.05, 3.63) is 27.8 Å². The number of aliphatic hydroxyl groups is 1. The molecule has 0 heterocycles. The number of amides is 2. The minimum atomic E-state index is -1.19. The Kier molecular flexibility index (Phi) is 15.9.